The Labute approximate surface area is 213 Å². The lowest BCUT2D eigenvalue weighted by Crippen LogP contribution is -2.55. The van der Waals surface area contributed by atoms with Crippen molar-refractivity contribution in [1.82, 2.24) is 0 Å². The van der Waals surface area contributed by atoms with Crippen LogP contribution in [0.2, 0.25) is 20.1 Å². The van der Waals surface area contributed by atoms with Gasteiger partial charge < -0.3 is 18.9 Å². The van der Waals surface area contributed by atoms with Gasteiger partial charge in [-0.2, -0.15) is 0 Å². The van der Waals surface area contributed by atoms with Gasteiger partial charge in [-0.05, 0) is 12.1 Å². The van der Waals surface area contributed by atoms with Gasteiger partial charge in [0.25, 0.3) is 5.79 Å². The van der Waals surface area contributed by atoms with E-state index in [1.165, 1.54) is 14.0 Å². The standard InChI is InChI=1S/C24H24Cl4O5/c1-11(29)31-21-15(26)8-13-19(17(21)28)33-24(10-23(13,4)5)9-22(2,3)12-7-14(25)20(30-6)16(27)18(12)32-24/h7-8H,9-10H2,1-6H3. The van der Waals surface area contributed by atoms with Crippen LogP contribution in [-0.4, -0.2) is 18.9 Å². The number of fused-ring (bicyclic) bond motifs is 2. The molecule has 2 aliphatic rings. The number of carbonyl (C=O) groups excluding carboxylic acids is 1. The predicted octanol–water partition coefficient (Wildman–Crippen LogP) is 7.75. The maximum atomic E-state index is 11.6. The molecule has 2 aromatic rings. The van der Waals surface area contributed by atoms with Crippen LogP contribution >= 0.6 is 46.4 Å². The molecule has 2 heterocycles. The molecule has 2 aromatic carbocycles. The summed E-state index contributed by atoms with van der Waals surface area (Å²) in [5, 5.41) is 1.04. The Bertz CT molecular complexity index is 1170. The zero-order valence-electron chi connectivity index (χ0n) is 19.1. The number of ether oxygens (including phenoxy) is 4. The number of halogens is 4. The second-order valence-electron chi connectivity index (χ2n) is 9.79. The fourth-order valence-electron chi connectivity index (χ4n) is 4.93. The van der Waals surface area contributed by atoms with Gasteiger partial charge in [0.1, 0.15) is 10.0 Å². The summed E-state index contributed by atoms with van der Waals surface area (Å²) >= 11 is 26.2. The highest BCUT2D eigenvalue weighted by atomic mass is 35.5. The van der Waals surface area contributed by atoms with Gasteiger partial charge in [-0.25, -0.2) is 0 Å². The van der Waals surface area contributed by atoms with Crippen molar-refractivity contribution in [3.63, 3.8) is 0 Å². The van der Waals surface area contributed by atoms with E-state index in [0.29, 0.717) is 35.1 Å². The van der Waals surface area contributed by atoms with Gasteiger partial charge in [0.2, 0.25) is 0 Å². The Morgan fingerprint density at radius 3 is 1.70 bits per heavy atom. The molecule has 0 radical (unpaired) electrons. The molecule has 0 saturated carbocycles. The SMILES string of the molecule is COc1c(Cl)cc2c(c1Cl)OC1(CC2(C)C)CC(C)(C)c2cc(Cl)c(OC(C)=O)c(Cl)c2O1. The molecule has 2 aliphatic heterocycles. The van der Waals surface area contributed by atoms with Crippen LogP contribution in [0.25, 0.3) is 0 Å². The third-order valence-electron chi connectivity index (χ3n) is 6.17. The van der Waals surface area contributed by atoms with E-state index in [4.69, 9.17) is 65.4 Å². The van der Waals surface area contributed by atoms with Gasteiger partial charge >= 0.3 is 5.97 Å². The van der Waals surface area contributed by atoms with E-state index in [9.17, 15) is 4.79 Å². The van der Waals surface area contributed by atoms with E-state index in [-0.39, 0.29) is 20.8 Å². The Balaban J connectivity index is 1.90. The summed E-state index contributed by atoms with van der Waals surface area (Å²) in [4.78, 5) is 11.6. The van der Waals surface area contributed by atoms with Gasteiger partial charge in [-0.1, -0.05) is 74.1 Å². The first kappa shape index (κ1) is 24.6. The molecule has 0 bridgehead atoms. The third kappa shape index (κ3) is 4.01. The molecule has 9 heteroatoms. The molecule has 0 amide bonds. The largest absolute Gasteiger partial charge is 0.493 e. The number of hydrogen-bond acceptors (Lipinski definition) is 5. The average Bonchev–Trinajstić information content (AvgIpc) is 2.67. The first-order valence-electron chi connectivity index (χ1n) is 10.4. The summed E-state index contributed by atoms with van der Waals surface area (Å²) in [5.41, 5.74) is 0.815. The summed E-state index contributed by atoms with van der Waals surface area (Å²) < 4.78 is 23.7. The van der Waals surface area contributed by atoms with Crippen molar-refractivity contribution in [3.05, 3.63) is 43.4 Å². The van der Waals surface area contributed by atoms with Crippen molar-refractivity contribution in [2.75, 3.05) is 7.11 Å². The van der Waals surface area contributed by atoms with Crippen molar-refractivity contribution >= 4 is 52.4 Å². The topological polar surface area (TPSA) is 54.0 Å². The molecule has 0 N–H and O–H groups in total. The molecule has 33 heavy (non-hydrogen) atoms. The van der Waals surface area contributed by atoms with Crippen LogP contribution in [0.5, 0.6) is 23.0 Å². The molecule has 0 saturated heterocycles. The normalized spacial score (nSPS) is 22.0. The lowest BCUT2D eigenvalue weighted by atomic mass is 9.69. The minimum atomic E-state index is -1.10. The predicted molar refractivity (Wildman–Crippen MR) is 130 cm³/mol. The summed E-state index contributed by atoms with van der Waals surface area (Å²) in [5.74, 6) is -0.422. The maximum Gasteiger partial charge on any atom is 0.308 e. The molecular formula is C24H24Cl4O5. The van der Waals surface area contributed by atoms with E-state index < -0.39 is 22.6 Å². The molecule has 0 fully saturated rings. The molecule has 4 rings (SSSR count). The smallest absolute Gasteiger partial charge is 0.308 e. The zero-order chi connectivity index (χ0) is 24.5. The van der Waals surface area contributed by atoms with Gasteiger partial charge in [0, 0.05) is 41.7 Å². The van der Waals surface area contributed by atoms with Crippen LogP contribution in [0.3, 0.4) is 0 Å². The fraction of sp³-hybridized carbons (Fsp3) is 0.458. The van der Waals surface area contributed by atoms with Crippen LogP contribution in [0.1, 0.15) is 58.6 Å². The van der Waals surface area contributed by atoms with Crippen LogP contribution in [0.4, 0.5) is 0 Å². The molecule has 5 nitrogen and oxygen atoms in total. The van der Waals surface area contributed by atoms with Crippen molar-refractivity contribution in [3.8, 4) is 23.0 Å². The van der Waals surface area contributed by atoms with Crippen LogP contribution in [0, 0.1) is 0 Å². The second kappa shape index (κ2) is 8.01. The first-order valence-corrected chi connectivity index (χ1v) is 11.9. The maximum absolute atomic E-state index is 11.6. The number of benzene rings is 2. The van der Waals surface area contributed by atoms with Gasteiger partial charge in [0.15, 0.2) is 23.0 Å². The molecule has 1 atom stereocenters. The summed E-state index contributed by atoms with van der Waals surface area (Å²) in [6.45, 7) is 9.56. The van der Waals surface area contributed by atoms with Crippen molar-refractivity contribution < 1.29 is 23.7 Å². The minimum Gasteiger partial charge on any atom is -0.493 e. The quantitative estimate of drug-likeness (QED) is 0.291. The number of carbonyl (C=O) groups is 1. The Morgan fingerprint density at radius 1 is 0.848 bits per heavy atom. The lowest BCUT2D eigenvalue weighted by Gasteiger charge is -2.51. The third-order valence-corrected chi connectivity index (χ3v) is 7.42. The van der Waals surface area contributed by atoms with Crippen LogP contribution in [0.15, 0.2) is 12.1 Å². The summed E-state index contributed by atoms with van der Waals surface area (Å²) in [7, 11) is 1.50. The molecule has 178 valence electrons. The Kier molecular flexibility index (Phi) is 5.97. The minimum absolute atomic E-state index is 0.0550. The summed E-state index contributed by atoms with van der Waals surface area (Å²) in [6, 6.07) is 3.55. The molecule has 0 aromatic heterocycles. The lowest BCUT2D eigenvalue weighted by molar-refractivity contribution is -0.166. The van der Waals surface area contributed by atoms with E-state index in [0.717, 1.165) is 11.1 Å². The Hall–Kier alpha value is -1.53. The number of rotatable bonds is 2. The van der Waals surface area contributed by atoms with Gasteiger partial charge in [-0.15, -0.1) is 0 Å². The van der Waals surface area contributed by atoms with E-state index in [1.807, 2.05) is 6.07 Å². The highest BCUT2D eigenvalue weighted by Gasteiger charge is 2.55. The number of hydrogen-bond donors (Lipinski definition) is 0. The summed E-state index contributed by atoms with van der Waals surface area (Å²) in [6.07, 6.45) is 0.993. The zero-order valence-corrected chi connectivity index (χ0v) is 22.1. The number of methoxy groups -OCH3 is 1. The van der Waals surface area contributed by atoms with Gasteiger partial charge in [0.05, 0.1) is 17.2 Å². The van der Waals surface area contributed by atoms with Crippen molar-refractivity contribution in [1.29, 1.82) is 0 Å². The van der Waals surface area contributed by atoms with Crippen molar-refractivity contribution in [2.24, 2.45) is 0 Å². The monoisotopic (exact) mass is 532 g/mol. The van der Waals surface area contributed by atoms with Crippen LogP contribution in [-0.2, 0) is 15.6 Å². The Morgan fingerprint density at radius 2 is 1.27 bits per heavy atom. The van der Waals surface area contributed by atoms with E-state index in [1.54, 1.807) is 6.07 Å². The van der Waals surface area contributed by atoms with Gasteiger partial charge in [-0.3, -0.25) is 4.79 Å². The highest BCUT2D eigenvalue weighted by Crippen LogP contribution is 2.59. The first-order chi connectivity index (χ1) is 15.2. The molecule has 1 unspecified atom stereocenters. The van der Waals surface area contributed by atoms with Crippen molar-refractivity contribution in [2.45, 2.75) is 64.1 Å². The highest BCUT2D eigenvalue weighted by molar-refractivity contribution is 6.39. The van der Waals surface area contributed by atoms with Crippen LogP contribution < -0.4 is 18.9 Å². The second-order valence-corrected chi connectivity index (χ2v) is 11.4. The van der Waals surface area contributed by atoms with E-state index in [2.05, 4.69) is 27.7 Å². The molecular weight excluding hydrogens is 510 g/mol. The fourth-order valence-corrected chi connectivity index (χ4v) is 6.15. The van der Waals surface area contributed by atoms with E-state index >= 15 is 0 Å². The molecule has 1 spiro atoms. The average molecular weight is 534 g/mol. The molecule has 0 aliphatic carbocycles. The number of esters is 1.